The van der Waals surface area contributed by atoms with Crippen molar-refractivity contribution in [2.24, 2.45) is 0 Å². The van der Waals surface area contributed by atoms with Crippen LogP contribution in [0.25, 0.3) is 11.1 Å². The number of carbonyl (C=O) groups excluding carboxylic acids is 2. The van der Waals surface area contributed by atoms with Gasteiger partial charge in [-0.2, -0.15) is 0 Å². The monoisotopic (exact) mass is 404 g/mol. The van der Waals surface area contributed by atoms with Crippen LogP contribution in [0.1, 0.15) is 17.3 Å². The van der Waals surface area contributed by atoms with Gasteiger partial charge in [0.25, 0.3) is 5.91 Å². The zero-order valence-corrected chi connectivity index (χ0v) is 16.8. The summed E-state index contributed by atoms with van der Waals surface area (Å²) in [6.45, 7) is 2.71. The summed E-state index contributed by atoms with van der Waals surface area (Å²) in [5.41, 5.74) is 3.47. The molecule has 0 aromatic heterocycles. The summed E-state index contributed by atoms with van der Waals surface area (Å²) in [6, 6.07) is 24.1. The lowest BCUT2D eigenvalue weighted by Gasteiger charge is -2.39. The Morgan fingerprint density at radius 2 is 1.55 bits per heavy atom. The highest BCUT2D eigenvalue weighted by atomic mass is 35.5. The van der Waals surface area contributed by atoms with Crippen LogP contribution in [-0.4, -0.2) is 35.8 Å². The summed E-state index contributed by atoms with van der Waals surface area (Å²) in [4.78, 5) is 29.6. The highest BCUT2D eigenvalue weighted by Crippen LogP contribution is 2.32. The fraction of sp³-hybridized carbons (Fsp3) is 0.167. The first-order valence-corrected chi connectivity index (χ1v) is 9.96. The summed E-state index contributed by atoms with van der Waals surface area (Å²) < 4.78 is 0. The topological polar surface area (TPSA) is 40.6 Å². The fourth-order valence-electron chi connectivity index (χ4n) is 3.72. The molecule has 0 bridgehead atoms. The molecule has 1 heterocycles. The van der Waals surface area contributed by atoms with Gasteiger partial charge in [-0.25, -0.2) is 0 Å². The third-order valence-electron chi connectivity index (χ3n) is 5.29. The largest absolute Gasteiger partial charge is 0.325 e. The molecule has 0 N–H and O–H groups in total. The van der Waals surface area contributed by atoms with Gasteiger partial charge in [0.1, 0.15) is 6.04 Å². The molecule has 2 amide bonds. The van der Waals surface area contributed by atoms with Gasteiger partial charge in [-0.1, -0.05) is 60.1 Å². The van der Waals surface area contributed by atoms with Gasteiger partial charge in [0, 0.05) is 29.2 Å². The second kappa shape index (κ2) is 8.10. The minimum atomic E-state index is -0.546. The van der Waals surface area contributed by atoms with Gasteiger partial charge in [0.15, 0.2) is 0 Å². The maximum Gasteiger partial charge on any atom is 0.254 e. The summed E-state index contributed by atoms with van der Waals surface area (Å²) in [7, 11) is 0. The number of hydrogen-bond acceptors (Lipinski definition) is 2. The Morgan fingerprint density at radius 3 is 2.28 bits per heavy atom. The van der Waals surface area contributed by atoms with E-state index in [0.29, 0.717) is 23.7 Å². The molecule has 3 aromatic rings. The molecule has 29 heavy (non-hydrogen) atoms. The van der Waals surface area contributed by atoms with Crippen molar-refractivity contribution in [3.05, 3.63) is 89.4 Å². The molecule has 0 spiro atoms. The molecule has 1 aliphatic heterocycles. The molecule has 0 radical (unpaired) electrons. The van der Waals surface area contributed by atoms with Crippen LogP contribution in [-0.2, 0) is 4.79 Å². The van der Waals surface area contributed by atoms with Crippen LogP contribution in [0.5, 0.6) is 0 Å². The van der Waals surface area contributed by atoms with Gasteiger partial charge in [0.2, 0.25) is 5.91 Å². The first-order chi connectivity index (χ1) is 14.1. The van der Waals surface area contributed by atoms with Crippen molar-refractivity contribution < 1.29 is 9.59 Å². The summed E-state index contributed by atoms with van der Waals surface area (Å²) in [5, 5.41) is 0.577. The Balaban J connectivity index is 1.60. The number of anilines is 1. The minimum Gasteiger partial charge on any atom is -0.325 e. The smallest absolute Gasteiger partial charge is 0.254 e. The van der Waals surface area contributed by atoms with Crippen LogP contribution in [0.2, 0.25) is 5.02 Å². The van der Waals surface area contributed by atoms with E-state index in [4.69, 9.17) is 11.6 Å². The summed E-state index contributed by atoms with van der Waals surface area (Å²) in [5.74, 6) is -0.236. The van der Waals surface area contributed by atoms with E-state index < -0.39 is 6.04 Å². The van der Waals surface area contributed by atoms with Crippen LogP contribution in [0, 0.1) is 0 Å². The molecule has 0 aliphatic carbocycles. The Bertz CT molecular complexity index is 1030. The van der Waals surface area contributed by atoms with Gasteiger partial charge in [-0.3, -0.25) is 9.59 Å². The van der Waals surface area contributed by atoms with E-state index in [0.717, 1.165) is 16.8 Å². The Morgan fingerprint density at radius 1 is 0.897 bits per heavy atom. The van der Waals surface area contributed by atoms with Crippen LogP contribution in [0.4, 0.5) is 5.69 Å². The molecule has 1 aliphatic rings. The molecular formula is C24H21ClN2O2. The van der Waals surface area contributed by atoms with Crippen molar-refractivity contribution in [1.29, 1.82) is 0 Å². The average Bonchev–Trinajstić information content (AvgIpc) is 2.76. The second-order valence-corrected chi connectivity index (χ2v) is 7.49. The number of nitrogens with zero attached hydrogens (tertiary/aromatic N) is 2. The maximum absolute atomic E-state index is 13.2. The molecule has 0 unspecified atom stereocenters. The summed E-state index contributed by atoms with van der Waals surface area (Å²) in [6.07, 6.45) is 0. The van der Waals surface area contributed by atoms with E-state index >= 15 is 0 Å². The molecule has 0 saturated carbocycles. The number of piperazine rings is 1. The molecule has 4 rings (SSSR count). The highest BCUT2D eigenvalue weighted by molar-refractivity contribution is 6.30. The van der Waals surface area contributed by atoms with Gasteiger partial charge < -0.3 is 9.80 Å². The lowest BCUT2D eigenvalue weighted by Crippen LogP contribution is -2.57. The van der Waals surface area contributed by atoms with Crippen LogP contribution in [0.3, 0.4) is 0 Å². The van der Waals surface area contributed by atoms with Gasteiger partial charge >= 0.3 is 0 Å². The fourth-order valence-corrected chi connectivity index (χ4v) is 3.84. The normalized spacial score (nSPS) is 16.8. The number of hydrogen-bond donors (Lipinski definition) is 0. The van der Waals surface area contributed by atoms with Gasteiger partial charge in [-0.15, -0.1) is 0 Å². The predicted octanol–water partition coefficient (Wildman–Crippen LogP) is 4.88. The molecule has 1 fully saturated rings. The Kier molecular flexibility index (Phi) is 5.36. The van der Waals surface area contributed by atoms with E-state index in [-0.39, 0.29) is 11.8 Å². The summed E-state index contributed by atoms with van der Waals surface area (Å²) >= 11 is 5.92. The first kappa shape index (κ1) is 19.2. The lowest BCUT2D eigenvalue weighted by atomic mass is 10.0. The van der Waals surface area contributed by atoms with Gasteiger partial charge in [0.05, 0.1) is 5.69 Å². The van der Waals surface area contributed by atoms with Gasteiger partial charge in [-0.05, 0) is 42.8 Å². The number of carbonyl (C=O) groups is 2. The van der Waals surface area contributed by atoms with E-state index in [1.807, 2.05) is 54.6 Å². The first-order valence-electron chi connectivity index (χ1n) is 9.58. The zero-order valence-electron chi connectivity index (χ0n) is 16.1. The molecule has 1 atom stereocenters. The third-order valence-corrected chi connectivity index (χ3v) is 5.54. The Hall–Kier alpha value is -3.11. The number of amides is 2. The molecule has 146 valence electrons. The lowest BCUT2D eigenvalue weighted by molar-refractivity contribution is -0.124. The maximum atomic E-state index is 13.2. The molecule has 1 saturated heterocycles. The predicted molar refractivity (Wildman–Crippen MR) is 116 cm³/mol. The van der Waals surface area contributed by atoms with Crippen molar-refractivity contribution in [1.82, 2.24) is 4.90 Å². The van der Waals surface area contributed by atoms with E-state index in [2.05, 4.69) is 0 Å². The van der Waals surface area contributed by atoms with Crippen molar-refractivity contribution >= 4 is 29.1 Å². The van der Waals surface area contributed by atoms with Crippen LogP contribution in [0.15, 0.2) is 78.9 Å². The zero-order chi connectivity index (χ0) is 20.4. The van der Waals surface area contributed by atoms with Crippen molar-refractivity contribution in [3.8, 4) is 11.1 Å². The Labute approximate surface area is 175 Å². The second-order valence-electron chi connectivity index (χ2n) is 7.05. The van der Waals surface area contributed by atoms with E-state index in [1.165, 1.54) is 0 Å². The number of halogens is 1. The number of rotatable bonds is 3. The van der Waals surface area contributed by atoms with Crippen LogP contribution >= 0.6 is 11.6 Å². The highest BCUT2D eigenvalue weighted by Gasteiger charge is 2.36. The van der Waals surface area contributed by atoms with Crippen molar-refractivity contribution in [2.45, 2.75) is 13.0 Å². The molecule has 4 nitrogen and oxygen atoms in total. The quantitative estimate of drug-likeness (QED) is 0.624. The average molecular weight is 405 g/mol. The van der Waals surface area contributed by atoms with Crippen molar-refractivity contribution in [3.63, 3.8) is 0 Å². The molecular weight excluding hydrogens is 384 g/mol. The molecule has 5 heteroatoms. The SMILES string of the molecule is C[C@@H]1C(=O)N(c2ccccc2-c2ccccc2)CCN1C(=O)c1ccc(Cl)cc1. The standard InChI is InChI=1S/C24H21ClN2O2/c1-17-23(28)27(16-15-26(17)24(29)19-11-13-20(25)14-12-19)22-10-6-5-9-21(22)18-7-3-2-4-8-18/h2-14,17H,15-16H2,1H3/t17-/m1/s1. The minimum absolute atomic E-state index is 0.0815. The van der Waals surface area contributed by atoms with E-state index in [1.54, 1.807) is 41.0 Å². The van der Waals surface area contributed by atoms with Crippen LogP contribution < -0.4 is 4.90 Å². The number of para-hydroxylation sites is 1. The van der Waals surface area contributed by atoms with E-state index in [9.17, 15) is 9.59 Å². The third kappa shape index (κ3) is 3.76. The number of benzene rings is 3. The van der Waals surface area contributed by atoms with Crippen molar-refractivity contribution in [2.75, 3.05) is 18.0 Å². The molecule has 3 aromatic carbocycles.